The Labute approximate surface area is 176 Å². The predicted molar refractivity (Wildman–Crippen MR) is 109 cm³/mol. The first-order valence-corrected chi connectivity index (χ1v) is 10.1. The maximum Gasteiger partial charge on any atom is 0.224 e. The van der Waals surface area contributed by atoms with Gasteiger partial charge in [0.2, 0.25) is 11.9 Å². The van der Waals surface area contributed by atoms with Gasteiger partial charge in [-0.1, -0.05) is 0 Å². The molecule has 0 bridgehead atoms. The van der Waals surface area contributed by atoms with Crippen molar-refractivity contribution in [3.63, 3.8) is 0 Å². The first kappa shape index (κ1) is 21.3. The number of anilines is 3. The molecule has 166 valence electrons. The number of imidazole rings is 1. The van der Waals surface area contributed by atoms with Gasteiger partial charge in [-0.05, 0) is 32.1 Å². The summed E-state index contributed by atoms with van der Waals surface area (Å²) in [5.74, 6) is -2.73. The van der Waals surface area contributed by atoms with E-state index in [2.05, 4.69) is 25.6 Å². The second-order valence-corrected chi connectivity index (χ2v) is 7.59. The van der Waals surface area contributed by atoms with Gasteiger partial charge in [0.15, 0.2) is 17.3 Å². The van der Waals surface area contributed by atoms with Crippen LogP contribution in [0.25, 0.3) is 11.2 Å². The Balaban J connectivity index is 1.65. The van der Waals surface area contributed by atoms with Gasteiger partial charge >= 0.3 is 0 Å². The number of aliphatic hydroxyl groups excluding tert-OH is 2. The number of halogens is 3. The van der Waals surface area contributed by atoms with Crippen molar-refractivity contribution in [1.82, 2.24) is 19.5 Å². The second-order valence-electron chi connectivity index (χ2n) is 7.59. The largest absolute Gasteiger partial charge is 0.396 e. The van der Waals surface area contributed by atoms with Gasteiger partial charge in [0, 0.05) is 31.3 Å². The Morgan fingerprint density at radius 2 is 1.77 bits per heavy atom. The third kappa shape index (κ3) is 4.72. The van der Waals surface area contributed by atoms with E-state index in [0.29, 0.717) is 48.5 Å². The van der Waals surface area contributed by atoms with Crippen LogP contribution in [0.5, 0.6) is 0 Å². The minimum Gasteiger partial charge on any atom is -0.396 e. The van der Waals surface area contributed by atoms with Gasteiger partial charge < -0.3 is 20.8 Å². The summed E-state index contributed by atoms with van der Waals surface area (Å²) in [6.07, 6.45) is 4.59. The fraction of sp³-hybridized carbons (Fsp3) is 0.450. The first-order chi connectivity index (χ1) is 14.9. The fourth-order valence-corrected chi connectivity index (χ4v) is 3.70. The Kier molecular flexibility index (Phi) is 6.23. The standard InChI is InChI=1S/C20H23F3N6O2/c21-11-8-14(22)17(15(23)9-11)27-20-26-16-10-24-19(25-12-2-4-13(31)5-3-12)28-18(16)29(20)6-1-7-30/h8-10,12-13,30-31H,1-7H2,(H,26,27)(H,24,25,28)/t12-,13-. The van der Waals surface area contributed by atoms with Crippen LogP contribution >= 0.6 is 0 Å². The number of aromatic nitrogens is 4. The second kappa shape index (κ2) is 9.06. The quantitative estimate of drug-likeness (QED) is 0.451. The topological polar surface area (TPSA) is 108 Å². The minimum atomic E-state index is -1.09. The van der Waals surface area contributed by atoms with Crippen molar-refractivity contribution in [3.05, 3.63) is 35.8 Å². The molecule has 3 aromatic rings. The molecule has 0 aliphatic heterocycles. The van der Waals surface area contributed by atoms with Crippen LogP contribution in [-0.4, -0.2) is 48.5 Å². The van der Waals surface area contributed by atoms with Crippen molar-refractivity contribution in [1.29, 1.82) is 0 Å². The maximum absolute atomic E-state index is 14.1. The molecule has 11 heteroatoms. The van der Waals surface area contributed by atoms with E-state index in [1.807, 2.05) is 0 Å². The van der Waals surface area contributed by atoms with Crippen LogP contribution in [0.2, 0.25) is 0 Å². The summed E-state index contributed by atoms with van der Waals surface area (Å²) in [7, 11) is 0. The van der Waals surface area contributed by atoms with Gasteiger partial charge in [-0.2, -0.15) is 4.98 Å². The van der Waals surface area contributed by atoms with Crippen LogP contribution in [0, 0.1) is 17.5 Å². The fourth-order valence-electron chi connectivity index (χ4n) is 3.70. The highest BCUT2D eigenvalue weighted by Crippen LogP contribution is 2.27. The van der Waals surface area contributed by atoms with Crippen LogP contribution in [0.4, 0.5) is 30.8 Å². The molecule has 0 saturated heterocycles. The number of hydrogen-bond acceptors (Lipinski definition) is 7. The summed E-state index contributed by atoms with van der Waals surface area (Å²) < 4.78 is 43.0. The molecule has 4 N–H and O–H groups in total. The highest BCUT2D eigenvalue weighted by Gasteiger charge is 2.21. The molecule has 1 aliphatic rings. The van der Waals surface area contributed by atoms with Crippen molar-refractivity contribution in [2.45, 2.75) is 50.8 Å². The number of rotatable bonds is 7. The third-order valence-electron chi connectivity index (χ3n) is 5.30. The zero-order valence-corrected chi connectivity index (χ0v) is 16.7. The van der Waals surface area contributed by atoms with Crippen molar-refractivity contribution in [2.75, 3.05) is 17.2 Å². The molecule has 2 aromatic heterocycles. The van der Waals surface area contributed by atoms with Crippen LogP contribution < -0.4 is 10.6 Å². The number of hydrogen-bond donors (Lipinski definition) is 4. The number of aliphatic hydroxyl groups is 2. The van der Waals surface area contributed by atoms with E-state index in [9.17, 15) is 23.4 Å². The van der Waals surface area contributed by atoms with Crippen molar-refractivity contribution in [3.8, 4) is 0 Å². The van der Waals surface area contributed by atoms with Crippen LogP contribution in [0.15, 0.2) is 18.3 Å². The zero-order chi connectivity index (χ0) is 22.0. The van der Waals surface area contributed by atoms with Gasteiger partial charge in [-0.15, -0.1) is 0 Å². The number of nitrogens with zero attached hydrogens (tertiary/aromatic N) is 4. The maximum atomic E-state index is 14.1. The molecule has 1 aromatic carbocycles. The first-order valence-electron chi connectivity index (χ1n) is 10.1. The predicted octanol–water partition coefficient (Wildman–Crippen LogP) is 3.09. The summed E-state index contributed by atoms with van der Waals surface area (Å²) in [5.41, 5.74) is 0.286. The molecule has 1 aliphatic carbocycles. The molecule has 0 spiro atoms. The molecule has 4 rings (SSSR count). The van der Waals surface area contributed by atoms with Gasteiger partial charge in [-0.25, -0.2) is 23.1 Å². The molecular formula is C20H23F3N6O2. The molecule has 0 radical (unpaired) electrons. The highest BCUT2D eigenvalue weighted by molar-refractivity contribution is 5.76. The van der Waals surface area contributed by atoms with Crippen LogP contribution in [-0.2, 0) is 6.54 Å². The number of fused-ring (bicyclic) bond motifs is 1. The van der Waals surface area contributed by atoms with E-state index in [-0.39, 0.29) is 31.2 Å². The third-order valence-corrected chi connectivity index (χ3v) is 5.30. The van der Waals surface area contributed by atoms with Gasteiger partial charge in [0.25, 0.3) is 0 Å². The van der Waals surface area contributed by atoms with Gasteiger partial charge in [0.1, 0.15) is 17.0 Å². The molecule has 31 heavy (non-hydrogen) atoms. The van der Waals surface area contributed by atoms with E-state index < -0.39 is 23.1 Å². The molecule has 1 fully saturated rings. The van der Waals surface area contributed by atoms with Crippen LogP contribution in [0.1, 0.15) is 32.1 Å². The smallest absolute Gasteiger partial charge is 0.224 e. The van der Waals surface area contributed by atoms with Gasteiger partial charge in [-0.3, -0.25) is 4.57 Å². The zero-order valence-electron chi connectivity index (χ0n) is 16.7. The number of nitrogens with one attached hydrogen (secondary N) is 2. The lowest BCUT2D eigenvalue weighted by molar-refractivity contribution is 0.126. The molecule has 0 amide bonds. The number of benzene rings is 1. The molecule has 2 heterocycles. The van der Waals surface area contributed by atoms with Crippen LogP contribution in [0.3, 0.4) is 0 Å². The van der Waals surface area contributed by atoms with E-state index in [1.165, 1.54) is 6.20 Å². The number of aryl methyl sites for hydroxylation is 1. The summed E-state index contributed by atoms with van der Waals surface area (Å²) >= 11 is 0. The monoisotopic (exact) mass is 436 g/mol. The molecule has 1 saturated carbocycles. The van der Waals surface area contributed by atoms with E-state index in [4.69, 9.17) is 0 Å². The van der Waals surface area contributed by atoms with Crippen molar-refractivity contribution in [2.24, 2.45) is 0 Å². The summed E-state index contributed by atoms with van der Waals surface area (Å²) in [4.78, 5) is 13.1. The molecule has 0 atom stereocenters. The Hall–Kier alpha value is -2.92. The highest BCUT2D eigenvalue weighted by atomic mass is 19.1. The molecule has 8 nitrogen and oxygen atoms in total. The summed E-state index contributed by atoms with van der Waals surface area (Å²) in [6, 6.07) is 1.29. The Morgan fingerprint density at radius 3 is 2.45 bits per heavy atom. The lowest BCUT2D eigenvalue weighted by atomic mass is 9.93. The summed E-state index contributed by atoms with van der Waals surface area (Å²) in [5, 5.41) is 24.7. The lowest BCUT2D eigenvalue weighted by Gasteiger charge is -2.26. The summed E-state index contributed by atoms with van der Waals surface area (Å²) in [6.45, 7) is 0.185. The average Bonchev–Trinajstić information content (AvgIpc) is 3.07. The lowest BCUT2D eigenvalue weighted by Crippen LogP contribution is -2.28. The normalized spacial score (nSPS) is 19.0. The van der Waals surface area contributed by atoms with Crippen molar-refractivity contribution < 1.29 is 23.4 Å². The Morgan fingerprint density at radius 1 is 1.06 bits per heavy atom. The van der Waals surface area contributed by atoms with E-state index in [1.54, 1.807) is 4.57 Å². The molecule has 0 unspecified atom stereocenters. The van der Waals surface area contributed by atoms with E-state index >= 15 is 0 Å². The van der Waals surface area contributed by atoms with Gasteiger partial charge in [0.05, 0.1) is 12.3 Å². The minimum absolute atomic E-state index is 0.0973. The van der Waals surface area contributed by atoms with E-state index in [0.717, 1.165) is 12.8 Å². The molecular weight excluding hydrogens is 413 g/mol. The SMILES string of the molecule is OCCCn1c(Nc2c(F)cc(F)cc2F)nc2cnc(N[C@H]3CC[C@H](O)CC3)nc21. The van der Waals surface area contributed by atoms with Crippen molar-refractivity contribution >= 4 is 28.7 Å². The Bertz CT molecular complexity index is 1050. The average molecular weight is 436 g/mol.